The van der Waals surface area contributed by atoms with Crippen LogP contribution in [0.4, 0.5) is 0 Å². The van der Waals surface area contributed by atoms with Crippen LogP contribution in [0.25, 0.3) is 10.7 Å². The molecule has 0 fully saturated rings. The molecule has 3 nitrogen and oxygen atoms in total. The Labute approximate surface area is 111 Å². The Hall–Kier alpha value is -1.13. The van der Waals surface area contributed by atoms with Crippen LogP contribution >= 0.6 is 23.7 Å². The third-order valence-corrected chi connectivity index (χ3v) is 3.99. The van der Waals surface area contributed by atoms with Gasteiger partial charge in [-0.2, -0.15) is 0 Å². The summed E-state index contributed by atoms with van der Waals surface area (Å²) in [6.07, 6.45) is 0. The largest absolute Gasteiger partial charge is 0.346 e. The Morgan fingerprint density at radius 2 is 2.00 bits per heavy atom. The molecular weight excluding hydrogens is 256 g/mol. The van der Waals surface area contributed by atoms with Crippen molar-refractivity contribution < 1.29 is 4.79 Å². The lowest BCUT2D eigenvalue weighted by molar-refractivity contribution is 0.102. The lowest BCUT2D eigenvalue weighted by Gasteiger charge is -2.00. The molecule has 2 heterocycles. The van der Waals surface area contributed by atoms with Crippen LogP contribution in [0.3, 0.4) is 0 Å². The molecule has 0 amide bonds. The second kappa shape index (κ2) is 5.02. The molecule has 0 saturated carbocycles. The van der Waals surface area contributed by atoms with E-state index in [1.807, 2.05) is 20.0 Å². The highest BCUT2D eigenvalue weighted by Gasteiger charge is 2.14. The number of nitrogens with zero attached hydrogens (tertiary/aromatic N) is 2. The fraction of sp³-hybridized carbons (Fsp3) is 0.333. The zero-order valence-electron chi connectivity index (χ0n) is 10.3. The Kier molecular flexibility index (Phi) is 4.11. The van der Waals surface area contributed by atoms with Crippen LogP contribution in [0.5, 0.6) is 0 Å². The molecule has 17 heavy (non-hydrogen) atoms. The Morgan fingerprint density at radius 1 is 1.35 bits per heavy atom. The zero-order valence-corrected chi connectivity index (χ0v) is 11.9. The van der Waals surface area contributed by atoms with E-state index in [4.69, 9.17) is 0 Å². The second-order valence-electron chi connectivity index (χ2n) is 3.91. The van der Waals surface area contributed by atoms with Crippen molar-refractivity contribution in [3.63, 3.8) is 0 Å². The molecule has 0 bridgehead atoms. The number of hydrogen-bond acceptors (Lipinski definition) is 3. The van der Waals surface area contributed by atoms with Crippen molar-refractivity contribution in [3.8, 4) is 10.7 Å². The average Bonchev–Trinajstić information content (AvgIpc) is 2.73. The van der Waals surface area contributed by atoms with Crippen LogP contribution in [0.2, 0.25) is 0 Å². The molecule has 0 aromatic carbocycles. The molecule has 0 aliphatic rings. The van der Waals surface area contributed by atoms with Crippen molar-refractivity contribution in [1.82, 2.24) is 9.55 Å². The third-order valence-electron chi connectivity index (χ3n) is 2.71. The van der Waals surface area contributed by atoms with Crippen LogP contribution in [0.15, 0.2) is 12.1 Å². The Bertz CT molecular complexity index is 557. The number of ketones is 1. The standard InChI is InChI=1S/C12H14N2OS.ClH/c1-7-5-6-10(14(7)4)12-13-8(2)11(16-12)9(3)15;/h5-6H,1-4H3;1H. The van der Waals surface area contributed by atoms with Gasteiger partial charge in [0.25, 0.3) is 0 Å². The van der Waals surface area contributed by atoms with Crippen molar-refractivity contribution in [1.29, 1.82) is 0 Å². The molecule has 0 radical (unpaired) electrons. The van der Waals surface area contributed by atoms with Crippen LogP contribution in [-0.4, -0.2) is 15.3 Å². The first-order valence-electron chi connectivity index (χ1n) is 5.11. The van der Waals surface area contributed by atoms with Crippen molar-refractivity contribution in [2.75, 3.05) is 0 Å². The van der Waals surface area contributed by atoms with E-state index in [1.165, 1.54) is 17.0 Å². The summed E-state index contributed by atoms with van der Waals surface area (Å²) in [5.41, 5.74) is 3.08. The number of carbonyl (C=O) groups excluding carboxylic acids is 1. The first kappa shape index (κ1) is 13.9. The monoisotopic (exact) mass is 270 g/mol. The van der Waals surface area contributed by atoms with E-state index >= 15 is 0 Å². The molecule has 2 aromatic rings. The minimum atomic E-state index is 0. The molecule has 0 spiro atoms. The van der Waals surface area contributed by atoms with E-state index in [1.54, 1.807) is 6.92 Å². The van der Waals surface area contributed by atoms with Crippen molar-refractivity contribution in [2.45, 2.75) is 20.8 Å². The number of hydrogen-bond donors (Lipinski definition) is 0. The van der Waals surface area contributed by atoms with Crippen LogP contribution in [0.1, 0.15) is 28.0 Å². The van der Waals surface area contributed by atoms with Crippen molar-refractivity contribution in [2.24, 2.45) is 7.05 Å². The summed E-state index contributed by atoms with van der Waals surface area (Å²) in [6, 6.07) is 4.09. The van der Waals surface area contributed by atoms with Gasteiger partial charge in [-0.15, -0.1) is 23.7 Å². The molecule has 0 aliphatic carbocycles. The average molecular weight is 271 g/mol. The minimum absolute atomic E-state index is 0. The number of carbonyl (C=O) groups is 1. The second-order valence-corrected chi connectivity index (χ2v) is 4.91. The van der Waals surface area contributed by atoms with Gasteiger partial charge >= 0.3 is 0 Å². The highest BCUT2D eigenvalue weighted by molar-refractivity contribution is 7.17. The maximum Gasteiger partial charge on any atom is 0.171 e. The van der Waals surface area contributed by atoms with Gasteiger partial charge in [0.15, 0.2) is 5.78 Å². The first-order chi connectivity index (χ1) is 7.50. The van der Waals surface area contributed by atoms with Gasteiger partial charge in [0.2, 0.25) is 0 Å². The molecular formula is C12H15ClN2OS. The predicted octanol–water partition coefficient (Wildman–Crippen LogP) is 3.39. The van der Waals surface area contributed by atoms with Gasteiger partial charge in [-0.3, -0.25) is 4.79 Å². The summed E-state index contributed by atoms with van der Waals surface area (Å²) in [6.45, 7) is 5.52. The van der Waals surface area contributed by atoms with E-state index in [-0.39, 0.29) is 18.2 Å². The van der Waals surface area contributed by atoms with Crippen LogP contribution in [0, 0.1) is 13.8 Å². The first-order valence-corrected chi connectivity index (χ1v) is 5.93. The van der Waals surface area contributed by atoms with E-state index in [0.717, 1.165) is 21.3 Å². The summed E-state index contributed by atoms with van der Waals surface area (Å²) in [5.74, 6) is 0.0900. The quantitative estimate of drug-likeness (QED) is 0.784. The maximum absolute atomic E-state index is 11.4. The third kappa shape index (κ3) is 2.42. The summed E-state index contributed by atoms with van der Waals surface area (Å²) >= 11 is 1.47. The minimum Gasteiger partial charge on any atom is -0.346 e. The molecule has 2 rings (SSSR count). The summed E-state index contributed by atoms with van der Waals surface area (Å²) in [7, 11) is 2.01. The molecule has 0 N–H and O–H groups in total. The van der Waals surface area contributed by atoms with Gasteiger partial charge in [0.1, 0.15) is 5.01 Å². The number of halogens is 1. The molecule has 0 aliphatic heterocycles. The molecule has 0 atom stereocenters. The predicted molar refractivity (Wildman–Crippen MR) is 73.2 cm³/mol. The van der Waals surface area contributed by atoms with Gasteiger partial charge in [-0.05, 0) is 26.0 Å². The zero-order chi connectivity index (χ0) is 11.9. The number of rotatable bonds is 2. The molecule has 92 valence electrons. The Morgan fingerprint density at radius 3 is 2.41 bits per heavy atom. The SMILES string of the molecule is CC(=O)c1sc(-c2ccc(C)n2C)nc1C.Cl. The lowest BCUT2D eigenvalue weighted by Crippen LogP contribution is -1.92. The molecule has 5 heteroatoms. The van der Waals surface area contributed by atoms with Crippen molar-refractivity contribution >= 4 is 29.5 Å². The van der Waals surface area contributed by atoms with Gasteiger partial charge in [-0.1, -0.05) is 0 Å². The maximum atomic E-state index is 11.4. The van der Waals surface area contributed by atoms with Crippen LogP contribution < -0.4 is 0 Å². The van der Waals surface area contributed by atoms with E-state index in [0.29, 0.717) is 0 Å². The van der Waals surface area contributed by atoms with E-state index < -0.39 is 0 Å². The van der Waals surface area contributed by atoms with Gasteiger partial charge in [0.05, 0.1) is 16.3 Å². The lowest BCUT2D eigenvalue weighted by atomic mass is 10.3. The highest BCUT2D eigenvalue weighted by Crippen LogP contribution is 2.28. The fourth-order valence-corrected chi connectivity index (χ4v) is 2.68. The normalized spacial score (nSPS) is 10.1. The number of thiazole rings is 1. The number of aryl methyl sites for hydroxylation is 2. The van der Waals surface area contributed by atoms with Crippen molar-refractivity contribution in [3.05, 3.63) is 28.4 Å². The van der Waals surface area contributed by atoms with Gasteiger partial charge < -0.3 is 4.57 Å². The summed E-state index contributed by atoms with van der Waals surface area (Å²) in [5, 5.41) is 0.915. The van der Waals surface area contributed by atoms with Gasteiger partial charge in [0, 0.05) is 19.7 Å². The van der Waals surface area contributed by atoms with E-state index in [2.05, 4.69) is 22.5 Å². The Balaban J connectivity index is 0.00000144. The highest BCUT2D eigenvalue weighted by atomic mass is 35.5. The molecule has 0 saturated heterocycles. The smallest absolute Gasteiger partial charge is 0.171 e. The fourth-order valence-electron chi connectivity index (χ4n) is 1.66. The molecule has 0 unspecified atom stereocenters. The summed E-state index contributed by atoms with van der Waals surface area (Å²) < 4.78 is 2.09. The number of aromatic nitrogens is 2. The topological polar surface area (TPSA) is 34.9 Å². The van der Waals surface area contributed by atoms with Gasteiger partial charge in [-0.25, -0.2) is 4.98 Å². The summed E-state index contributed by atoms with van der Waals surface area (Å²) in [4.78, 5) is 16.6. The van der Waals surface area contributed by atoms with Crippen LogP contribution in [-0.2, 0) is 7.05 Å². The molecule has 2 aromatic heterocycles. The number of Topliss-reactive ketones (excluding diaryl/α,β-unsaturated/α-hetero) is 1. The van der Waals surface area contributed by atoms with E-state index in [9.17, 15) is 4.79 Å².